The summed E-state index contributed by atoms with van der Waals surface area (Å²) < 4.78 is 36.1. The van der Waals surface area contributed by atoms with E-state index < -0.39 is 31.9 Å². The van der Waals surface area contributed by atoms with Crippen LogP contribution in [0.3, 0.4) is 0 Å². The van der Waals surface area contributed by atoms with E-state index in [1.165, 1.54) is 0 Å². The topological polar surface area (TPSA) is 34.1 Å². The molecule has 0 atom stereocenters. The molecule has 16 heavy (non-hydrogen) atoms. The zero-order valence-corrected chi connectivity index (χ0v) is 10.8. The van der Waals surface area contributed by atoms with Crippen molar-refractivity contribution >= 4 is 19.3 Å². The molecule has 0 aliphatic heterocycles. The maximum Gasteiger partial charge on any atom is 0.450 e. The van der Waals surface area contributed by atoms with Gasteiger partial charge in [0, 0.05) is 0 Å². The second-order valence-corrected chi connectivity index (χ2v) is 9.10. The zero-order valence-electron chi connectivity index (χ0n) is 9.78. The first-order chi connectivity index (χ1) is 7.23. The minimum Gasteiger partial charge on any atom is -0.305 e. The standard InChI is InChI=1S/C10H17F3O2Si/c1-4-16(5-2,6-3)9(15)7-8(14)10(11,12)13/h4-7H2,1-3H3. The van der Waals surface area contributed by atoms with Crippen LogP contribution in [0, 0.1) is 0 Å². The lowest BCUT2D eigenvalue weighted by Crippen LogP contribution is -2.44. The van der Waals surface area contributed by atoms with Crippen molar-refractivity contribution in [2.45, 2.75) is 51.5 Å². The van der Waals surface area contributed by atoms with Crippen LogP contribution in [0.1, 0.15) is 27.2 Å². The number of halogens is 3. The third kappa shape index (κ3) is 3.43. The normalized spacial score (nSPS) is 12.6. The first kappa shape index (κ1) is 15.3. The SMILES string of the molecule is CC[Si](CC)(CC)C(=O)CC(=O)C(F)(F)F. The number of ketones is 1. The molecule has 0 spiro atoms. The van der Waals surface area contributed by atoms with Gasteiger partial charge in [-0.1, -0.05) is 38.9 Å². The van der Waals surface area contributed by atoms with Crippen molar-refractivity contribution in [2.75, 3.05) is 0 Å². The Hall–Kier alpha value is -0.653. The number of carbonyl (C=O) groups excluding carboxylic acids is 2. The van der Waals surface area contributed by atoms with Crippen LogP contribution >= 0.6 is 0 Å². The maximum absolute atomic E-state index is 12.0. The van der Waals surface area contributed by atoms with Crippen molar-refractivity contribution < 1.29 is 22.8 Å². The highest BCUT2D eigenvalue weighted by molar-refractivity contribution is 7.06. The van der Waals surface area contributed by atoms with E-state index in [1.54, 1.807) is 0 Å². The molecule has 0 bridgehead atoms. The summed E-state index contributed by atoms with van der Waals surface area (Å²) in [4.78, 5) is 22.5. The lowest BCUT2D eigenvalue weighted by molar-refractivity contribution is -0.171. The molecular formula is C10H17F3O2Si. The molecule has 0 aromatic heterocycles. The summed E-state index contributed by atoms with van der Waals surface area (Å²) in [5.74, 6) is -1.91. The largest absolute Gasteiger partial charge is 0.450 e. The number of hydrogen-bond acceptors (Lipinski definition) is 2. The molecule has 6 heteroatoms. The summed E-state index contributed by atoms with van der Waals surface area (Å²) in [6, 6.07) is 1.80. The van der Waals surface area contributed by atoms with Gasteiger partial charge in [0.25, 0.3) is 0 Å². The van der Waals surface area contributed by atoms with Gasteiger partial charge in [-0.25, -0.2) is 0 Å². The molecular weight excluding hydrogens is 237 g/mol. The quantitative estimate of drug-likeness (QED) is 0.539. The number of hydrogen-bond donors (Lipinski definition) is 0. The minimum atomic E-state index is -4.88. The molecule has 94 valence electrons. The fraction of sp³-hybridized carbons (Fsp3) is 0.800. The molecule has 2 nitrogen and oxygen atoms in total. The van der Waals surface area contributed by atoms with Gasteiger partial charge >= 0.3 is 6.18 Å². The summed E-state index contributed by atoms with van der Waals surface area (Å²) in [5.41, 5.74) is 0. The number of carbonyl (C=O) groups is 2. The first-order valence-electron chi connectivity index (χ1n) is 5.36. The van der Waals surface area contributed by atoms with Gasteiger partial charge in [-0.15, -0.1) is 0 Å². The number of alkyl halides is 3. The van der Waals surface area contributed by atoms with Gasteiger partial charge < -0.3 is 4.79 Å². The molecule has 0 fully saturated rings. The van der Waals surface area contributed by atoms with E-state index in [4.69, 9.17) is 0 Å². The highest BCUT2D eigenvalue weighted by atomic mass is 28.3. The van der Waals surface area contributed by atoms with E-state index in [0.717, 1.165) is 0 Å². The second kappa shape index (κ2) is 5.61. The predicted molar refractivity (Wildman–Crippen MR) is 57.9 cm³/mol. The predicted octanol–water partition coefficient (Wildman–Crippen LogP) is 3.12. The summed E-state index contributed by atoms with van der Waals surface area (Å²) >= 11 is 0. The fourth-order valence-electron chi connectivity index (χ4n) is 1.78. The van der Waals surface area contributed by atoms with Gasteiger partial charge in [-0.05, 0) is 0 Å². The van der Waals surface area contributed by atoms with Gasteiger partial charge in [0.15, 0.2) is 0 Å². The Morgan fingerprint density at radius 2 is 1.38 bits per heavy atom. The van der Waals surface area contributed by atoms with Crippen LogP contribution in [-0.2, 0) is 9.59 Å². The van der Waals surface area contributed by atoms with Gasteiger partial charge in [0.05, 0.1) is 6.42 Å². The Kier molecular flexibility index (Phi) is 5.38. The average Bonchev–Trinajstić information content (AvgIpc) is 2.19. The fourth-order valence-corrected chi connectivity index (χ4v) is 4.99. The summed E-state index contributed by atoms with van der Waals surface area (Å²) in [5, 5.41) is -0.456. The Morgan fingerprint density at radius 1 is 1.00 bits per heavy atom. The Bertz CT molecular complexity index is 261. The molecule has 0 saturated heterocycles. The van der Waals surface area contributed by atoms with Crippen LogP contribution in [0.15, 0.2) is 0 Å². The van der Waals surface area contributed by atoms with Gasteiger partial charge in [-0.2, -0.15) is 13.2 Å². The molecule has 0 unspecified atom stereocenters. The van der Waals surface area contributed by atoms with Crippen molar-refractivity contribution in [1.82, 2.24) is 0 Å². The van der Waals surface area contributed by atoms with Gasteiger partial charge in [-0.3, -0.25) is 4.79 Å². The van der Waals surface area contributed by atoms with Crippen molar-refractivity contribution in [3.8, 4) is 0 Å². The smallest absolute Gasteiger partial charge is 0.305 e. The van der Waals surface area contributed by atoms with Gasteiger partial charge in [0.1, 0.15) is 13.5 Å². The summed E-state index contributed by atoms with van der Waals surface area (Å²) in [7, 11) is -2.32. The molecule has 0 N–H and O–H groups in total. The summed E-state index contributed by atoms with van der Waals surface area (Å²) in [6.45, 7) is 5.44. The molecule has 0 amide bonds. The van der Waals surface area contributed by atoms with Crippen LogP contribution in [0.2, 0.25) is 18.1 Å². The molecule has 0 rings (SSSR count). The molecule has 0 saturated carbocycles. The first-order valence-corrected chi connectivity index (χ1v) is 7.99. The van der Waals surface area contributed by atoms with E-state index >= 15 is 0 Å². The average molecular weight is 254 g/mol. The van der Waals surface area contributed by atoms with Crippen LogP contribution < -0.4 is 0 Å². The number of rotatable bonds is 6. The van der Waals surface area contributed by atoms with Gasteiger partial charge in [0.2, 0.25) is 5.78 Å². The Labute approximate surface area is 94.2 Å². The maximum atomic E-state index is 12.0. The molecule has 0 heterocycles. The van der Waals surface area contributed by atoms with Crippen LogP contribution in [0.4, 0.5) is 13.2 Å². The lowest BCUT2D eigenvalue weighted by atomic mass is 10.3. The van der Waals surface area contributed by atoms with Crippen molar-refractivity contribution in [3.63, 3.8) is 0 Å². The monoisotopic (exact) mass is 254 g/mol. The van der Waals surface area contributed by atoms with E-state index in [2.05, 4.69) is 0 Å². The molecule has 0 radical (unpaired) electrons. The van der Waals surface area contributed by atoms with Crippen molar-refractivity contribution in [3.05, 3.63) is 0 Å². The molecule has 0 aromatic rings. The van der Waals surface area contributed by atoms with E-state index in [0.29, 0.717) is 18.1 Å². The van der Waals surface area contributed by atoms with E-state index in [9.17, 15) is 22.8 Å². The highest BCUT2D eigenvalue weighted by Crippen LogP contribution is 2.25. The Morgan fingerprint density at radius 3 is 1.62 bits per heavy atom. The number of Topliss-reactive ketones (excluding diaryl/α,β-unsaturated/α-hetero) is 1. The molecule has 0 aliphatic carbocycles. The van der Waals surface area contributed by atoms with Crippen molar-refractivity contribution in [1.29, 1.82) is 0 Å². The van der Waals surface area contributed by atoms with Crippen LogP contribution in [0.25, 0.3) is 0 Å². The zero-order chi connectivity index (χ0) is 13.0. The third-order valence-electron chi connectivity index (χ3n) is 3.26. The third-order valence-corrected chi connectivity index (χ3v) is 8.68. The van der Waals surface area contributed by atoms with Crippen LogP contribution in [0.5, 0.6) is 0 Å². The highest BCUT2D eigenvalue weighted by Gasteiger charge is 2.43. The van der Waals surface area contributed by atoms with Crippen molar-refractivity contribution in [2.24, 2.45) is 0 Å². The lowest BCUT2D eigenvalue weighted by Gasteiger charge is -2.25. The van der Waals surface area contributed by atoms with Crippen LogP contribution in [-0.4, -0.2) is 25.4 Å². The molecule has 0 aliphatic rings. The second-order valence-electron chi connectivity index (χ2n) is 3.86. The minimum absolute atomic E-state index is 0.456. The molecule has 0 aromatic carbocycles. The van der Waals surface area contributed by atoms with E-state index in [-0.39, 0.29) is 0 Å². The summed E-state index contributed by atoms with van der Waals surface area (Å²) in [6.07, 6.45) is -5.85. The Balaban J connectivity index is 4.74. The van der Waals surface area contributed by atoms with E-state index in [1.807, 2.05) is 20.8 Å².